The van der Waals surface area contributed by atoms with Gasteiger partial charge in [-0.05, 0) is 12.1 Å². The number of halogens is 6. The Kier molecular flexibility index (Phi) is 5.68. The normalized spacial score (nSPS) is 11.0. The molecule has 1 heterocycles. The number of aromatic nitrogens is 3. The highest BCUT2D eigenvalue weighted by molar-refractivity contribution is 7.99. The predicted molar refractivity (Wildman–Crippen MR) is 91.2 cm³/mol. The maximum atomic E-state index is 13.8. The smallest absolute Gasteiger partial charge is 0.235 e. The number of benzene rings is 2. The zero-order chi connectivity index (χ0) is 21.3. The van der Waals surface area contributed by atoms with Crippen LogP contribution in [0.1, 0.15) is 0 Å². The molecule has 0 bridgehead atoms. The molecule has 0 saturated carbocycles. The molecule has 152 valence electrons. The zero-order valence-electron chi connectivity index (χ0n) is 14.0. The number of nitrogens with zero attached hydrogens (tertiary/aromatic N) is 3. The highest BCUT2D eigenvalue weighted by Gasteiger charge is 2.27. The molecule has 2 aromatic carbocycles. The molecule has 0 aliphatic carbocycles. The van der Waals surface area contributed by atoms with E-state index in [1.807, 2.05) is 0 Å². The minimum Gasteiger partial charge on any atom is -0.335 e. The van der Waals surface area contributed by atoms with E-state index >= 15 is 0 Å². The second-order valence-corrected chi connectivity index (χ2v) is 6.38. The third-order valence-electron chi connectivity index (χ3n) is 3.59. The van der Waals surface area contributed by atoms with Crippen LogP contribution in [-0.4, -0.2) is 26.5 Å². The van der Waals surface area contributed by atoms with Crippen molar-refractivity contribution < 1.29 is 31.1 Å². The van der Waals surface area contributed by atoms with E-state index in [1.165, 1.54) is 24.3 Å². The van der Waals surface area contributed by atoms with Crippen molar-refractivity contribution in [3.63, 3.8) is 0 Å². The molecule has 0 saturated heterocycles. The van der Waals surface area contributed by atoms with Crippen molar-refractivity contribution >= 4 is 23.4 Å². The summed E-state index contributed by atoms with van der Waals surface area (Å²) >= 11 is 0.642. The van der Waals surface area contributed by atoms with Gasteiger partial charge in [0, 0.05) is 0 Å². The average Bonchev–Trinajstić information content (AvgIpc) is 3.07. The molecule has 0 fully saturated rings. The second kappa shape index (κ2) is 8.03. The second-order valence-electron chi connectivity index (χ2n) is 5.44. The number of carbonyl (C=O) groups is 1. The van der Waals surface area contributed by atoms with E-state index in [-0.39, 0.29) is 16.5 Å². The quantitative estimate of drug-likeness (QED) is 0.212. The first kappa shape index (κ1) is 20.5. The molecule has 0 radical (unpaired) electrons. The molecule has 0 aliphatic rings. The number of amides is 1. The van der Waals surface area contributed by atoms with Gasteiger partial charge in [-0.1, -0.05) is 23.9 Å². The first-order valence-corrected chi connectivity index (χ1v) is 8.60. The van der Waals surface area contributed by atoms with Crippen molar-refractivity contribution in [2.75, 3.05) is 16.9 Å². The van der Waals surface area contributed by atoms with E-state index in [4.69, 9.17) is 5.84 Å². The van der Waals surface area contributed by atoms with Crippen LogP contribution < -0.4 is 11.2 Å². The Bertz CT molecular complexity index is 1080. The van der Waals surface area contributed by atoms with Gasteiger partial charge in [-0.15, -0.1) is 10.2 Å². The van der Waals surface area contributed by atoms with Gasteiger partial charge in [0.1, 0.15) is 11.5 Å². The van der Waals surface area contributed by atoms with Crippen molar-refractivity contribution in [1.29, 1.82) is 0 Å². The zero-order valence-corrected chi connectivity index (χ0v) is 14.8. The number of hydrogen-bond donors (Lipinski definition) is 2. The van der Waals surface area contributed by atoms with Crippen molar-refractivity contribution in [1.82, 2.24) is 14.9 Å². The number of hydrogen-bond acceptors (Lipinski definition) is 5. The van der Waals surface area contributed by atoms with Gasteiger partial charge in [-0.3, -0.25) is 4.79 Å². The Hall–Kier alpha value is -3.22. The number of nitrogen functional groups attached to an aromatic ring is 1. The molecule has 0 aliphatic heterocycles. The van der Waals surface area contributed by atoms with Crippen LogP contribution in [0.15, 0.2) is 29.4 Å². The van der Waals surface area contributed by atoms with Crippen LogP contribution in [0.5, 0.6) is 0 Å². The summed E-state index contributed by atoms with van der Waals surface area (Å²) in [6, 6.07) is 5.56. The minimum absolute atomic E-state index is 0.0419. The molecule has 3 N–H and O–H groups in total. The summed E-state index contributed by atoms with van der Waals surface area (Å²) in [4.78, 5) is 11.9. The fraction of sp³-hybridized carbons (Fsp3) is 0.0625. The molecule has 29 heavy (non-hydrogen) atoms. The third-order valence-corrected chi connectivity index (χ3v) is 4.53. The van der Waals surface area contributed by atoms with Gasteiger partial charge < -0.3 is 11.2 Å². The molecule has 6 nitrogen and oxygen atoms in total. The summed E-state index contributed by atoms with van der Waals surface area (Å²) < 4.78 is 81.2. The summed E-state index contributed by atoms with van der Waals surface area (Å²) in [6.45, 7) is 0. The molecule has 3 aromatic rings. The van der Waals surface area contributed by atoms with Crippen molar-refractivity contribution in [2.24, 2.45) is 0 Å². The lowest BCUT2D eigenvalue weighted by atomic mass is 10.2. The largest absolute Gasteiger partial charge is 0.335 e. The number of anilines is 1. The Morgan fingerprint density at radius 1 is 0.966 bits per heavy atom. The summed E-state index contributed by atoms with van der Waals surface area (Å²) in [6.07, 6.45) is 0. The molecule has 1 amide bonds. The Labute approximate surface area is 162 Å². The van der Waals surface area contributed by atoms with Crippen LogP contribution in [0.25, 0.3) is 11.4 Å². The maximum Gasteiger partial charge on any atom is 0.235 e. The number of thioether (sulfide) groups is 1. The highest BCUT2D eigenvalue weighted by atomic mass is 32.2. The molecular weight excluding hydrogens is 424 g/mol. The van der Waals surface area contributed by atoms with Crippen LogP contribution >= 0.6 is 11.8 Å². The van der Waals surface area contributed by atoms with Crippen LogP contribution in [0, 0.1) is 34.9 Å². The van der Waals surface area contributed by atoms with Crippen molar-refractivity contribution in [2.45, 2.75) is 5.16 Å². The van der Waals surface area contributed by atoms with Gasteiger partial charge in [0.15, 0.2) is 29.1 Å². The first-order chi connectivity index (χ1) is 13.7. The highest BCUT2D eigenvalue weighted by Crippen LogP contribution is 2.28. The Morgan fingerprint density at radius 2 is 1.55 bits per heavy atom. The van der Waals surface area contributed by atoms with E-state index in [0.717, 1.165) is 4.68 Å². The molecule has 1 aromatic heterocycles. The van der Waals surface area contributed by atoms with Crippen LogP contribution in [0.4, 0.5) is 32.0 Å². The number of rotatable bonds is 5. The van der Waals surface area contributed by atoms with Crippen LogP contribution in [0.3, 0.4) is 0 Å². The standard InChI is InChI=1S/C16H9F6N5OS/c17-7-4-2-1-3-6(7)15-25-26-16(27(15)23)29-5-8(28)24-14-12(21)10(19)9(18)11(20)13(14)22/h1-4H,5,23H2,(H,24,28). The summed E-state index contributed by atoms with van der Waals surface area (Å²) in [5.41, 5.74) is -1.44. The van der Waals surface area contributed by atoms with Gasteiger partial charge in [0.2, 0.25) is 16.9 Å². The molecule has 0 spiro atoms. The SMILES string of the molecule is Nn1c(SCC(=O)Nc2c(F)c(F)c(F)c(F)c2F)nnc1-c1ccccc1F. The molecule has 0 unspecified atom stereocenters. The maximum absolute atomic E-state index is 13.8. The van der Waals surface area contributed by atoms with E-state index < -0.39 is 52.3 Å². The Balaban J connectivity index is 1.74. The fourth-order valence-corrected chi connectivity index (χ4v) is 2.88. The van der Waals surface area contributed by atoms with Crippen molar-refractivity contribution in [3.8, 4) is 11.4 Å². The van der Waals surface area contributed by atoms with E-state index in [2.05, 4.69) is 10.2 Å². The van der Waals surface area contributed by atoms with Crippen LogP contribution in [-0.2, 0) is 4.79 Å². The number of nitrogens with two attached hydrogens (primary N) is 1. The topological polar surface area (TPSA) is 85.8 Å². The van der Waals surface area contributed by atoms with Gasteiger partial charge in [0.25, 0.3) is 0 Å². The van der Waals surface area contributed by atoms with E-state index in [1.54, 1.807) is 5.32 Å². The predicted octanol–water partition coefficient (Wildman–Crippen LogP) is 3.22. The lowest BCUT2D eigenvalue weighted by Crippen LogP contribution is -2.19. The number of nitrogens with one attached hydrogen (secondary N) is 1. The lowest BCUT2D eigenvalue weighted by Gasteiger charge is -2.09. The first-order valence-electron chi connectivity index (χ1n) is 7.61. The molecule has 3 rings (SSSR count). The average molecular weight is 433 g/mol. The molecular formula is C16H9F6N5OS. The van der Waals surface area contributed by atoms with E-state index in [9.17, 15) is 31.1 Å². The van der Waals surface area contributed by atoms with Crippen LogP contribution in [0.2, 0.25) is 0 Å². The summed E-state index contributed by atoms with van der Waals surface area (Å²) in [5, 5.41) is 8.93. The summed E-state index contributed by atoms with van der Waals surface area (Å²) in [7, 11) is 0. The minimum atomic E-state index is -2.34. The molecule has 13 heteroatoms. The van der Waals surface area contributed by atoms with Gasteiger partial charge in [-0.2, -0.15) is 0 Å². The molecule has 0 atom stereocenters. The third kappa shape index (κ3) is 3.85. The lowest BCUT2D eigenvalue weighted by molar-refractivity contribution is -0.113. The van der Waals surface area contributed by atoms with Gasteiger partial charge in [0.05, 0.1) is 11.3 Å². The van der Waals surface area contributed by atoms with Gasteiger partial charge >= 0.3 is 0 Å². The van der Waals surface area contributed by atoms with Gasteiger partial charge in [-0.25, -0.2) is 31.0 Å². The monoisotopic (exact) mass is 433 g/mol. The number of carbonyl (C=O) groups excluding carboxylic acids is 1. The van der Waals surface area contributed by atoms with Crippen molar-refractivity contribution in [3.05, 3.63) is 59.2 Å². The Morgan fingerprint density at radius 3 is 2.17 bits per heavy atom. The summed E-state index contributed by atoms with van der Waals surface area (Å²) in [5.74, 6) is -7.66. The van der Waals surface area contributed by atoms with E-state index in [0.29, 0.717) is 11.8 Å². The fourth-order valence-electron chi connectivity index (χ4n) is 2.22.